The van der Waals surface area contributed by atoms with Gasteiger partial charge in [-0.05, 0) is 6.07 Å². The molecule has 4 N–H and O–H groups in total. The summed E-state index contributed by atoms with van der Waals surface area (Å²) in [5.74, 6) is -5.47. The first kappa shape index (κ1) is 18.8. The van der Waals surface area contributed by atoms with Gasteiger partial charge in [-0.1, -0.05) is 0 Å². The SMILES string of the molecule is O=C(O)c1cn2cc(SCCS(=O)(=O)O)cc2c(C(=O)O)c1C(=O)O. The van der Waals surface area contributed by atoms with E-state index in [0.717, 1.165) is 22.4 Å². The van der Waals surface area contributed by atoms with Gasteiger partial charge in [0.2, 0.25) is 0 Å². The van der Waals surface area contributed by atoms with Gasteiger partial charge >= 0.3 is 17.9 Å². The minimum Gasteiger partial charge on any atom is -0.478 e. The predicted octanol–water partition coefficient (Wildman–Crippen LogP) is 1.01. The van der Waals surface area contributed by atoms with Crippen molar-refractivity contribution in [3.05, 3.63) is 35.2 Å². The van der Waals surface area contributed by atoms with Crippen molar-refractivity contribution in [1.82, 2.24) is 4.40 Å². The number of hydrogen-bond acceptors (Lipinski definition) is 6. The molecule has 10 nitrogen and oxygen atoms in total. The summed E-state index contributed by atoms with van der Waals surface area (Å²) in [7, 11) is -4.16. The fourth-order valence-electron chi connectivity index (χ4n) is 2.17. The second-order valence-electron chi connectivity index (χ2n) is 4.81. The number of carboxylic acids is 3. The topological polar surface area (TPSA) is 171 Å². The summed E-state index contributed by atoms with van der Waals surface area (Å²) in [5, 5.41) is 27.7. The highest BCUT2D eigenvalue weighted by Crippen LogP contribution is 2.28. The monoisotopic (exact) mass is 389 g/mol. The standard InChI is InChI=1S/C13H11NO9S2/c15-11(16)7-5-14-4-6(24-1-2-25(21,22)23)3-8(14)10(13(19)20)9(7)12(17)18/h3-5H,1-2H2,(H,15,16)(H,17,18)(H,19,20)(H,21,22,23). The zero-order chi connectivity index (χ0) is 18.9. The number of aromatic carboxylic acids is 3. The van der Waals surface area contributed by atoms with Crippen LogP contribution in [-0.2, 0) is 10.1 Å². The number of carboxylic acid groups (broad SMARTS) is 3. The summed E-state index contributed by atoms with van der Waals surface area (Å²) >= 11 is 0.974. The average Bonchev–Trinajstić information content (AvgIpc) is 2.85. The molecule has 0 radical (unpaired) electrons. The molecule has 0 atom stereocenters. The molecule has 0 aliphatic heterocycles. The third kappa shape index (κ3) is 4.10. The third-order valence-corrected chi connectivity index (χ3v) is 5.08. The Balaban J connectivity index is 2.60. The molecule has 0 aliphatic carbocycles. The molecule has 25 heavy (non-hydrogen) atoms. The Kier molecular flexibility index (Phi) is 5.06. The molecule has 0 saturated carbocycles. The maximum absolute atomic E-state index is 11.5. The van der Waals surface area contributed by atoms with Gasteiger partial charge in [-0.15, -0.1) is 11.8 Å². The largest absolute Gasteiger partial charge is 0.478 e. The molecule has 0 amide bonds. The van der Waals surface area contributed by atoms with Gasteiger partial charge in [0.15, 0.2) is 0 Å². The van der Waals surface area contributed by atoms with Crippen LogP contribution in [0.5, 0.6) is 0 Å². The summed E-state index contributed by atoms with van der Waals surface area (Å²) in [6, 6.07) is 1.30. The molecule has 0 saturated heterocycles. The molecule has 134 valence electrons. The molecule has 12 heteroatoms. The third-order valence-electron chi connectivity index (χ3n) is 3.14. The van der Waals surface area contributed by atoms with E-state index >= 15 is 0 Å². The lowest BCUT2D eigenvalue weighted by Crippen LogP contribution is -2.16. The maximum atomic E-state index is 11.5. The summed E-state index contributed by atoms with van der Waals surface area (Å²) in [4.78, 5) is 34.5. The Labute approximate surface area is 144 Å². The number of pyridine rings is 1. The van der Waals surface area contributed by atoms with Crippen LogP contribution in [0.15, 0.2) is 23.4 Å². The fraction of sp³-hybridized carbons (Fsp3) is 0.154. The number of rotatable bonds is 7. The van der Waals surface area contributed by atoms with E-state index in [0.29, 0.717) is 4.90 Å². The van der Waals surface area contributed by atoms with E-state index in [1.165, 1.54) is 12.3 Å². The Morgan fingerprint density at radius 1 is 1.00 bits per heavy atom. The van der Waals surface area contributed by atoms with Crippen LogP contribution in [0.25, 0.3) is 5.52 Å². The molecule has 2 aromatic heterocycles. The van der Waals surface area contributed by atoms with E-state index in [1.807, 2.05) is 0 Å². The first-order chi connectivity index (χ1) is 11.5. The quantitative estimate of drug-likeness (QED) is 0.396. The van der Waals surface area contributed by atoms with Gasteiger partial charge in [-0.25, -0.2) is 14.4 Å². The zero-order valence-corrected chi connectivity index (χ0v) is 13.9. The molecule has 0 aliphatic rings. The molecular weight excluding hydrogens is 378 g/mol. The van der Waals surface area contributed by atoms with Crippen LogP contribution >= 0.6 is 11.8 Å². The van der Waals surface area contributed by atoms with Gasteiger partial charge in [0, 0.05) is 23.0 Å². The van der Waals surface area contributed by atoms with Crippen molar-refractivity contribution in [3.63, 3.8) is 0 Å². The van der Waals surface area contributed by atoms with E-state index in [9.17, 15) is 33.0 Å². The van der Waals surface area contributed by atoms with Crippen LogP contribution in [0.2, 0.25) is 0 Å². The molecule has 2 heterocycles. The van der Waals surface area contributed by atoms with Crippen molar-refractivity contribution < 1.29 is 42.7 Å². The maximum Gasteiger partial charge on any atom is 0.338 e. The predicted molar refractivity (Wildman–Crippen MR) is 85.4 cm³/mol. The molecule has 0 unspecified atom stereocenters. The summed E-state index contributed by atoms with van der Waals surface area (Å²) in [6.45, 7) is 0. The molecule has 0 bridgehead atoms. The van der Waals surface area contributed by atoms with Crippen LogP contribution in [0.3, 0.4) is 0 Å². The minimum absolute atomic E-state index is 0.0320. The highest BCUT2D eigenvalue weighted by molar-refractivity contribution is 8.00. The molecule has 0 aromatic carbocycles. The van der Waals surface area contributed by atoms with Crippen molar-refractivity contribution >= 4 is 45.3 Å². The van der Waals surface area contributed by atoms with Crippen molar-refractivity contribution in [2.24, 2.45) is 0 Å². The smallest absolute Gasteiger partial charge is 0.338 e. The zero-order valence-electron chi connectivity index (χ0n) is 12.2. The van der Waals surface area contributed by atoms with Gasteiger partial charge in [-0.2, -0.15) is 8.42 Å². The van der Waals surface area contributed by atoms with E-state index in [-0.39, 0.29) is 11.3 Å². The van der Waals surface area contributed by atoms with Crippen LogP contribution in [-0.4, -0.2) is 62.1 Å². The molecule has 2 aromatic rings. The second-order valence-corrected chi connectivity index (χ2v) is 7.55. The van der Waals surface area contributed by atoms with Crippen molar-refractivity contribution in [2.45, 2.75) is 4.90 Å². The van der Waals surface area contributed by atoms with Gasteiger partial charge in [0.05, 0.1) is 28.0 Å². The Morgan fingerprint density at radius 2 is 1.60 bits per heavy atom. The summed E-state index contributed by atoms with van der Waals surface area (Å²) in [6.07, 6.45) is 2.31. The number of hydrogen-bond donors (Lipinski definition) is 4. The van der Waals surface area contributed by atoms with Gasteiger partial charge in [0.25, 0.3) is 10.1 Å². The highest BCUT2D eigenvalue weighted by Gasteiger charge is 2.27. The molecule has 0 fully saturated rings. The van der Waals surface area contributed by atoms with E-state index in [1.54, 1.807) is 0 Å². The van der Waals surface area contributed by atoms with E-state index in [2.05, 4.69) is 0 Å². The Bertz CT molecular complexity index is 991. The van der Waals surface area contributed by atoms with Crippen LogP contribution in [0.4, 0.5) is 0 Å². The van der Waals surface area contributed by atoms with Crippen molar-refractivity contribution in [2.75, 3.05) is 11.5 Å². The molecular formula is C13H11NO9S2. The molecule has 0 spiro atoms. The summed E-state index contributed by atoms with van der Waals surface area (Å²) < 4.78 is 31.3. The number of aromatic nitrogens is 1. The lowest BCUT2D eigenvalue weighted by Gasteiger charge is -2.08. The molecule has 2 rings (SSSR count). The summed E-state index contributed by atoms with van der Waals surface area (Å²) in [5.41, 5.74) is -2.28. The average molecular weight is 389 g/mol. The first-order valence-electron chi connectivity index (χ1n) is 6.48. The van der Waals surface area contributed by atoms with Gasteiger partial charge < -0.3 is 19.7 Å². The lowest BCUT2D eigenvalue weighted by atomic mass is 10.0. The second kappa shape index (κ2) is 6.74. The fourth-order valence-corrected chi connectivity index (χ4v) is 3.97. The number of thioether (sulfide) groups is 1. The minimum atomic E-state index is -4.16. The first-order valence-corrected chi connectivity index (χ1v) is 9.07. The number of fused-ring (bicyclic) bond motifs is 1. The van der Waals surface area contributed by atoms with Crippen molar-refractivity contribution in [1.29, 1.82) is 0 Å². The highest BCUT2D eigenvalue weighted by atomic mass is 32.2. The van der Waals surface area contributed by atoms with E-state index in [4.69, 9.17) is 9.66 Å². The van der Waals surface area contributed by atoms with E-state index < -0.39 is 50.5 Å². The van der Waals surface area contributed by atoms with Gasteiger partial charge in [-0.3, -0.25) is 4.55 Å². The van der Waals surface area contributed by atoms with Crippen molar-refractivity contribution in [3.8, 4) is 0 Å². The van der Waals surface area contributed by atoms with Crippen LogP contribution < -0.4 is 0 Å². The lowest BCUT2D eigenvalue weighted by molar-refractivity contribution is 0.0633. The Hall–Kier alpha value is -2.57. The Morgan fingerprint density at radius 3 is 2.08 bits per heavy atom. The van der Waals surface area contributed by atoms with Crippen LogP contribution in [0.1, 0.15) is 31.1 Å². The number of carbonyl (C=O) groups is 3. The normalized spacial score (nSPS) is 11.6. The number of nitrogens with zero attached hydrogens (tertiary/aromatic N) is 1. The van der Waals surface area contributed by atoms with Crippen LogP contribution in [0, 0.1) is 0 Å². The van der Waals surface area contributed by atoms with Gasteiger partial charge in [0.1, 0.15) is 0 Å².